The number of carbonyl (C=O) groups excluding carboxylic acids is 1. The predicted molar refractivity (Wildman–Crippen MR) is 32.1 cm³/mol. The van der Waals surface area contributed by atoms with Crippen molar-refractivity contribution in [3.8, 4) is 0 Å². The van der Waals surface area contributed by atoms with Gasteiger partial charge in [0.15, 0.2) is 0 Å². The van der Waals surface area contributed by atoms with Gasteiger partial charge in [-0.05, 0) is 5.92 Å². The van der Waals surface area contributed by atoms with E-state index in [1.54, 1.807) is 13.8 Å². The molecular formula is C6H10O3. The number of hydrogen-bond donors (Lipinski definition) is 1. The summed E-state index contributed by atoms with van der Waals surface area (Å²) in [5, 5.41) is 8.08. The summed E-state index contributed by atoms with van der Waals surface area (Å²) in [6.07, 6.45) is 0.134. The van der Waals surface area contributed by atoms with Crippen LogP contribution in [0.4, 0.5) is 0 Å². The first kappa shape index (κ1) is 8.14. The highest BCUT2D eigenvalue weighted by atomic mass is 16.6. The molecule has 0 aliphatic heterocycles. The van der Waals surface area contributed by atoms with Gasteiger partial charge < -0.3 is 5.11 Å². The first-order valence-corrected chi connectivity index (χ1v) is 2.80. The maximum Gasteiger partial charge on any atom is 0.372 e. The fourth-order valence-electron chi connectivity index (χ4n) is 0.458. The van der Waals surface area contributed by atoms with Gasteiger partial charge in [0.05, 0.1) is 0 Å². The molecule has 1 N–H and O–H groups in total. The van der Waals surface area contributed by atoms with Crippen LogP contribution in [0.25, 0.3) is 0 Å². The highest BCUT2D eigenvalue weighted by Gasteiger charge is 2.11. The molecule has 0 aliphatic rings. The van der Waals surface area contributed by atoms with Gasteiger partial charge >= 0.3 is 5.97 Å². The van der Waals surface area contributed by atoms with Crippen molar-refractivity contribution in [1.29, 1.82) is 0 Å². The standard InChI is InChI=1S/C6H10O3/c1-4(2)3-5(7)6(8)9/h4H,3H2,1-2H3,(H,8,9)/i6+2. The molecule has 0 unspecified atom stereocenters. The molecule has 0 aromatic rings. The van der Waals surface area contributed by atoms with Crippen molar-refractivity contribution in [2.24, 2.45) is 5.92 Å². The van der Waals surface area contributed by atoms with E-state index in [-0.39, 0.29) is 12.3 Å². The Morgan fingerprint density at radius 2 is 2.11 bits per heavy atom. The molecule has 0 aromatic carbocycles. The van der Waals surface area contributed by atoms with Crippen LogP contribution in [0.2, 0.25) is 0 Å². The summed E-state index contributed by atoms with van der Waals surface area (Å²) >= 11 is 0. The van der Waals surface area contributed by atoms with Gasteiger partial charge in [0.25, 0.3) is 0 Å². The Morgan fingerprint density at radius 3 is 2.22 bits per heavy atom. The van der Waals surface area contributed by atoms with Gasteiger partial charge in [0, 0.05) is 6.42 Å². The lowest BCUT2D eigenvalue weighted by Gasteiger charge is -1.97. The van der Waals surface area contributed by atoms with Gasteiger partial charge in [-0.15, -0.1) is 0 Å². The number of aliphatic carboxylic acids is 1. The van der Waals surface area contributed by atoms with E-state index in [1.807, 2.05) is 0 Å². The number of ketones is 1. The fraction of sp³-hybridized carbons (Fsp3) is 0.667. The van der Waals surface area contributed by atoms with Crippen molar-refractivity contribution in [1.82, 2.24) is 0 Å². The summed E-state index contributed by atoms with van der Waals surface area (Å²) in [7, 11) is 0. The number of carboxylic acids is 1. The van der Waals surface area contributed by atoms with Crippen LogP contribution < -0.4 is 0 Å². The summed E-state index contributed by atoms with van der Waals surface area (Å²) < 4.78 is 0. The third-order valence-electron chi connectivity index (χ3n) is 0.832. The van der Waals surface area contributed by atoms with Crippen molar-refractivity contribution in [2.75, 3.05) is 0 Å². The fourth-order valence-corrected chi connectivity index (χ4v) is 0.458. The second-order valence-corrected chi connectivity index (χ2v) is 2.33. The summed E-state index contributed by atoms with van der Waals surface area (Å²) in [6, 6.07) is 0. The molecule has 0 fully saturated rings. The predicted octanol–water partition coefficient (Wildman–Crippen LogP) is 0.686. The van der Waals surface area contributed by atoms with Crippen LogP contribution in [0.15, 0.2) is 0 Å². The Bertz CT molecular complexity index is 126. The van der Waals surface area contributed by atoms with Gasteiger partial charge in [-0.25, -0.2) is 4.79 Å². The number of Topliss-reactive ketones (excluding diaryl/α,β-unsaturated/α-hetero) is 1. The maximum atomic E-state index is 10.4. The molecule has 0 radical (unpaired) electrons. The maximum absolute atomic E-state index is 10.4. The van der Waals surface area contributed by atoms with E-state index in [2.05, 4.69) is 0 Å². The van der Waals surface area contributed by atoms with E-state index in [0.29, 0.717) is 0 Å². The highest BCUT2D eigenvalue weighted by Crippen LogP contribution is 1.99. The molecule has 0 amide bonds. The molecule has 0 saturated heterocycles. The minimum atomic E-state index is -1.33. The minimum absolute atomic E-state index is 0.133. The molecule has 3 heteroatoms. The van der Waals surface area contributed by atoms with E-state index in [1.165, 1.54) is 0 Å². The highest BCUT2D eigenvalue weighted by molar-refractivity contribution is 6.32. The lowest BCUT2D eigenvalue weighted by atomic mass is 10.1. The Balaban J connectivity index is 3.65. The molecule has 0 saturated carbocycles. The van der Waals surface area contributed by atoms with E-state index in [9.17, 15) is 9.59 Å². The Labute approximate surface area is 53.7 Å². The van der Waals surface area contributed by atoms with Gasteiger partial charge in [-0.2, -0.15) is 0 Å². The third kappa shape index (κ3) is 3.70. The van der Waals surface area contributed by atoms with E-state index in [4.69, 9.17) is 5.11 Å². The molecular weight excluding hydrogens is 122 g/mol. The SMILES string of the molecule is CC(C)CC(=O)[14C](=O)O. The van der Waals surface area contributed by atoms with E-state index < -0.39 is 11.8 Å². The monoisotopic (exact) mass is 132 g/mol. The lowest BCUT2D eigenvalue weighted by molar-refractivity contribution is -0.149. The second kappa shape index (κ2) is 3.22. The van der Waals surface area contributed by atoms with Crippen LogP contribution in [0, 0.1) is 5.92 Å². The number of hydrogen-bond acceptors (Lipinski definition) is 2. The quantitative estimate of drug-likeness (QED) is 0.574. The van der Waals surface area contributed by atoms with Gasteiger partial charge in [-0.3, -0.25) is 4.79 Å². The average molecular weight is 132 g/mol. The van der Waals surface area contributed by atoms with Crippen LogP contribution in [-0.4, -0.2) is 16.9 Å². The van der Waals surface area contributed by atoms with Gasteiger partial charge in [0.1, 0.15) is 0 Å². The molecule has 0 aromatic heterocycles. The van der Waals surface area contributed by atoms with Gasteiger partial charge in [-0.1, -0.05) is 13.8 Å². The summed E-state index contributed by atoms with van der Waals surface area (Å²) in [5.41, 5.74) is 0. The summed E-state index contributed by atoms with van der Waals surface area (Å²) in [4.78, 5) is 20.2. The molecule has 3 nitrogen and oxygen atoms in total. The van der Waals surface area contributed by atoms with Crippen LogP contribution >= 0.6 is 0 Å². The van der Waals surface area contributed by atoms with E-state index >= 15 is 0 Å². The zero-order chi connectivity index (χ0) is 7.44. The third-order valence-corrected chi connectivity index (χ3v) is 0.832. The van der Waals surface area contributed by atoms with Crippen molar-refractivity contribution in [3.63, 3.8) is 0 Å². The zero-order valence-electron chi connectivity index (χ0n) is 5.55. The second-order valence-electron chi connectivity index (χ2n) is 2.33. The average Bonchev–Trinajstić information content (AvgIpc) is 1.63. The topological polar surface area (TPSA) is 54.4 Å². The molecule has 9 heavy (non-hydrogen) atoms. The molecule has 0 bridgehead atoms. The van der Waals surface area contributed by atoms with E-state index in [0.717, 1.165) is 0 Å². The molecule has 0 rings (SSSR count). The Kier molecular flexibility index (Phi) is 2.91. The molecule has 0 spiro atoms. The summed E-state index contributed by atoms with van der Waals surface area (Å²) in [6.45, 7) is 3.61. The molecule has 0 heterocycles. The van der Waals surface area contributed by atoms with Crippen molar-refractivity contribution < 1.29 is 14.7 Å². The number of rotatable bonds is 3. The van der Waals surface area contributed by atoms with Crippen LogP contribution in [0.1, 0.15) is 20.3 Å². The van der Waals surface area contributed by atoms with Crippen molar-refractivity contribution in [2.45, 2.75) is 20.3 Å². The summed E-state index contributed by atoms with van der Waals surface area (Å²) in [5.74, 6) is -1.90. The Morgan fingerprint density at radius 1 is 1.67 bits per heavy atom. The van der Waals surface area contributed by atoms with Crippen LogP contribution in [0.3, 0.4) is 0 Å². The first-order valence-electron chi connectivity index (χ1n) is 2.80. The molecule has 0 atom stereocenters. The Hall–Kier alpha value is -0.860. The smallest absolute Gasteiger partial charge is 0.372 e. The van der Waals surface area contributed by atoms with Crippen molar-refractivity contribution >= 4 is 11.8 Å². The lowest BCUT2D eigenvalue weighted by Crippen LogP contribution is -2.14. The van der Waals surface area contributed by atoms with Crippen molar-refractivity contribution in [3.05, 3.63) is 0 Å². The molecule has 52 valence electrons. The minimum Gasteiger partial charge on any atom is -0.476 e. The largest absolute Gasteiger partial charge is 0.476 e. The van der Waals surface area contributed by atoms with Crippen LogP contribution in [-0.2, 0) is 9.59 Å². The van der Waals surface area contributed by atoms with Crippen LogP contribution in [0.5, 0.6) is 0 Å². The molecule has 0 aliphatic carbocycles. The zero-order valence-corrected chi connectivity index (χ0v) is 5.55. The number of carbonyl (C=O) groups is 2. The first-order chi connectivity index (χ1) is 4.04. The normalized spacial score (nSPS) is 9.67. The number of carboxylic acid groups (broad SMARTS) is 1. The van der Waals surface area contributed by atoms with Gasteiger partial charge in [0.2, 0.25) is 5.78 Å².